The second-order valence-corrected chi connectivity index (χ2v) is 6.16. The van der Waals surface area contributed by atoms with Gasteiger partial charge in [0.15, 0.2) is 0 Å². The van der Waals surface area contributed by atoms with E-state index in [1.54, 1.807) is 0 Å². The summed E-state index contributed by atoms with van der Waals surface area (Å²) in [7, 11) is 0. The predicted molar refractivity (Wildman–Crippen MR) is 77.7 cm³/mol. The van der Waals surface area contributed by atoms with E-state index in [1.165, 1.54) is 11.3 Å². The van der Waals surface area contributed by atoms with Crippen LogP contribution in [0.2, 0.25) is 0 Å². The smallest absolute Gasteiger partial charge is 0.310 e. The van der Waals surface area contributed by atoms with E-state index in [0.29, 0.717) is 13.0 Å². The lowest BCUT2D eigenvalue weighted by atomic mass is 9.90. The van der Waals surface area contributed by atoms with Crippen LogP contribution in [-0.4, -0.2) is 38.8 Å². The lowest BCUT2D eigenvalue weighted by Crippen LogP contribution is -2.33. The van der Waals surface area contributed by atoms with E-state index in [9.17, 15) is 9.90 Å². The van der Waals surface area contributed by atoms with E-state index in [2.05, 4.69) is 30.8 Å². The van der Waals surface area contributed by atoms with Gasteiger partial charge in [0.2, 0.25) is 0 Å². The fourth-order valence-corrected chi connectivity index (χ4v) is 3.31. The molecule has 1 saturated heterocycles. The molecule has 0 aliphatic carbocycles. The number of hydrogen-bond acceptors (Lipinski definition) is 3. The molecule has 0 radical (unpaired) electrons. The summed E-state index contributed by atoms with van der Waals surface area (Å²) in [4.78, 5) is 13.6. The lowest BCUT2D eigenvalue weighted by Gasteiger charge is -2.26. The summed E-state index contributed by atoms with van der Waals surface area (Å²) in [6, 6.07) is 0.219. The van der Waals surface area contributed by atoms with Gasteiger partial charge in [-0.25, -0.2) is 0 Å². The molecular weight excluding hydrogens is 254 g/mol. The molecule has 0 saturated carbocycles. The van der Waals surface area contributed by atoms with Gasteiger partial charge in [-0.05, 0) is 47.6 Å². The highest BCUT2D eigenvalue weighted by Crippen LogP contribution is 2.36. The Bertz CT molecular complexity index is 523. The summed E-state index contributed by atoms with van der Waals surface area (Å²) in [6.07, 6.45) is 0.715. The molecule has 0 aromatic carbocycles. The van der Waals surface area contributed by atoms with Gasteiger partial charge in [-0.2, -0.15) is 5.10 Å². The van der Waals surface area contributed by atoms with Gasteiger partial charge in [-0.3, -0.25) is 14.4 Å². The van der Waals surface area contributed by atoms with E-state index in [0.717, 1.165) is 18.8 Å². The summed E-state index contributed by atoms with van der Waals surface area (Å²) in [6.45, 7) is 12.5. The molecule has 1 fully saturated rings. The highest BCUT2D eigenvalue weighted by molar-refractivity contribution is 5.74. The SMILES string of the molecule is CCn1nc(C)c(C(C)N2CCC(C)(C(=O)O)C2)c1C. The number of carboxylic acid groups (broad SMARTS) is 1. The van der Waals surface area contributed by atoms with Gasteiger partial charge in [0.25, 0.3) is 0 Å². The van der Waals surface area contributed by atoms with Gasteiger partial charge in [0.1, 0.15) is 0 Å². The van der Waals surface area contributed by atoms with Crippen LogP contribution in [0.25, 0.3) is 0 Å². The molecule has 1 aromatic rings. The van der Waals surface area contributed by atoms with Crippen molar-refractivity contribution in [1.82, 2.24) is 14.7 Å². The minimum atomic E-state index is -0.690. The maximum absolute atomic E-state index is 11.4. The average molecular weight is 279 g/mol. The Labute approximate surface area is 120 Å². The number of aliphatic carboxylic acids is 1. The molecule has 0 bridgehead atoms. The average Bonchev–Trinajstić information content (AvgIpc) is 2.91. The monoisotopic (exact) mass is 279 g/mol. The molecule has 1 aliphatic heterocycles. The lowest BCUT2D eigenvalue weighted by molar-refractivity contribution is -0.147. The normalized spacial score (nSPS) is 25.1. The summed E-state index contributed by atoms with van der Waals surface area (Å²) < 4.78 is 2.02. The zero-order chi connectivity index (χ0) is 15.1. The Kier molecular flexibility index (Phi) is 3.91. The molecule has 112 valence electrons. The molecule has 0 amide bonds. The van der Waals surface area contributed by atoms with Gasteiger partial charge in [-0.1, -0.05) is 0 Å². The van der Waals surface area contributed by atoms with Crippen LogP contribution in [0.3, 0.4) is 0 Å². The third-order valence-corrected chi connectivity index (χ3v) is 4.72. The number of likely N-dealkylation sites (tertiary alicyclic amines) is 1. The van der Waals surface area contributed by atoms with Crippen molar-refractivity contribution in [3.8, 4) is 0 Å². The molecule has 20 heavy (non-hydrogen) atoms. The molecule has 2 atom stereocenters. The molecule has 2 rings (SSSR count). The Morgan fingerprint density at radius 1 is 1.50 bits per heavy atom. The van der Waals surface area contributed by atoms with E-state index < -0.39 is 11.4 Å². The number of carboxylic acids is 1. The van der Waals surface area contributed by atoms with Crippen LogP contribution >= 0.6 is 0 Å². The van der Waals surface area contributed by atoms with Gasteiger partial charge < -0.3 is 5.11 Å². The van der Waals surface area contributed by atoms with E-state index in [-0.39, 0.29) is 6.04 Å². The first-order chi connectivity index (χ1) is 9.30. The van der Waals surface area contributed by atoms with Crippen molar-refractivity contribution in [2.75, 3.05) is 13.1 Å². The number of aromatic nitrogens is 2. The fourth-order valence-electron chi connectivity index (χ4n) is 3.31. The predicted octanol–water partition coefficient (Wildman–Crippen LogP) is 2.38. The molecular formula is C15H25N3O2. The quantitative estimate of drug-likeness (QED) is 0.919. The second-order valence-electron chi connectivity index (χ2n) is 6.16. The number of nitrogens with zero attached hydrogens (tertiary/aromatic N) is 3. The van der Waals surface area contributed by atoms with Crippen molar-refractivity contribution in [3.05, 3.63) is 17.0 Å². The van der Waals surface area contributed by atoms with Gasteiger partial charge >= 0.3 is 5.97 Å². The van der Waals surface area contributed by atoms with Gasteiger partial charge in [0, 0.05) is 30.4 Å². The molecule has 1 aliphatic rings. The second kappa shape index (κ2) is 5.20. The van der Waals surface area contributed by atoms with Crippen molar-refractivity contribution < 1.29 is 9.90 Å². The van der Waals surface area contributed by atoms with Gasteiger partial charge in [0.05, 0.1) is 11.1 Å². The summed E-state index contributed by atoms with van der Waals surface area (Å²) >= 11 is 0. The fraction of sp³-hybridized carbons (Fsp3) is 0.733. The largest absolute Gasteiger partial charge is 0.481 e. The summed E-state index contributed by atoms with van der Waals surface area (Å²) in [5.74, 6) is -0.690. The van der Waals surface area contributed by atoms with Crippen molar-refractivity contribution in [1.29, 1.82) is 0 Å². The highest BCUT2D eigenvalue weighted by Gasteiger charge is 2.42. The van der Waals surface area contributed by atoms with Crippen molar-refractivity contribution >= 4 is 5.97 Å². The zero-order valence-corrected chi connectivity index (χ0v) is 13.1. The van der Waals surface area contributed by atoms with Crippen molar-refractivity contribution in [2.45, 2.75) is 53.6 Å². The minimum absolute atomic E-state index is 0.219. The van der Waals surface area contributed by atoms with Crippen molar-refractivity contribution in [3.63, 3.8) is 0 Å². The molecule has 5 heteroatoms. The Balaban J connectivity index is 2.23. The maximum Gasteiger partial charge on any atom is 0.310 e. The van der Waals surface area contributed by atoms with Gasteiger partial charge in [-0.15, -0.1) is 0 Å². The highest BCUT2D eigenvalue weighted by atomic mass is 16.4. The van der Waals surface area contributed by atoms with Crippen LogP contribution in [0.4, 0.5) is 0 Å². The Hall–Kier alpha value is -1.36. The van der Waals surface area contributed by atoms with Crippen LogP contribution in [-0.2, 0) is 11.3 Å². The van der Waals surface area contributed by atoms with Crippen LogP contribution < -0.4 is 0 Å². The standard InChI is InChI=1S/C15H25N3O2/c1-6-18-12(4)13(10(2)16-18)11(3)17-8-7-15(5,9-17)14(19)20/h11H,6-9H2,1-5H3,(H,19,20). The van der Waals surface area contributed by atoms with E-state index >= 15 is 0 Å². The van der Waals surface area contributed by atoms with Crippen molar-refractivity contribution in [2.24, 2.45) is 5.41 Å². The van der Waals surface area contributed by atoms with Crippen LogP contribution in [0.15, 0.2) is 0 Å². The van der Waals surface area contributed by atoms with E-state index in [4.69, 9.17) is 0 Å². The first-order valence-electron chi connectivity index (χ1n) is 7.31. The Morgan fingerprint density at radius 3 is 2.60 bits per heavy atom. The number of rotatable bonds is 4. The molecule has 0 spiro atoms. The number of carbonyl (C=O) groups is 1. The topological polar surface area (TPSA) is 58.4 Å². The first kappa shape index (κ1) is 15.0. The molecule has 2 heterocycles. The summed E-state index contributed by atoms with van der Waals surface area (Å²) in [5, 5.41) is 13.9. The number of hydrogen-bond donors (Lipinski definition) is 1. The minimum Gasteiger partial charge on any atom is -0.481 e. The van der Waals surface area contributed by atoms with Crippen LogP contribution in [0.1, 0.15) is 50.2 Å². The van der Waals surface area contributed by atoms with E-state index in [1.807, 2.05) is 18.5 Å². The molecule has 1 N–H and O–H groups in total. The van der Waals surface area contributed by atoms with Crippen LogP contribution in [0, 0.1) is 19.3 Å². The number of aryl methyl sites for hydroxylation is 2. The molecule has 5 nitrogen and oxygen atoms in total. The maximum atomic E-state index is 11.4. The van der Waals surface area contributed by atoms with Crippen LogP contribution in [0.5, 0.6) is 0 Å². The molecule has 2 unspecified atom stereocenters. The molecule has 1 aromatic heterocycles. The summed E-state index contributed by atoms with van der Waals surface area (Å²) in [5.41, 5.74) is 2.89. The Morgan fingerprint density at radius 2 is 2.15 bits per heavy atom. The first-order valence-corrected chi connectivity index (χ1v) is 7.31. The third kappa shape index (κ3) is 2.35. The third-order valence-electron chi connectivity index (χ3n) is 4.72. The zero-order valence-electron chi connectivity index (χ0n) is 13.1.